The third kappa shape index (κ3) is 5.38. The molecule has 3 aromatic carbocycles. The summed E-state index contributed by atoms with van der Waals surface area (Å²) in [6.45, 7) is 4.95. The maximum Gasteiger partial charge on any atom is 0.269 e. The number of carbonyl (C=O) groups is 1. The third-order valence-corrected chi connectivity index (χ3v) is 6.22. The number of benzene rings is 3. The molecule has 170 valence electrons. The highest BCUT2D eigenvalue weighted by Crippen LogP contribution is 2.23. The van der Waals surface area contributed by atoms with E-state index in [2.05, 4.69) is 15.1 Å². The maximum absolute atomic E-state index is 13.2. The maximum atomic E-state index is 13.2. The number of nitro groups is 1. The molecule has 4 rings (SSSR count). The van der Waals surface area contributed by atoms with Crippen molar-refractivity contribution in [1.82, 2.24) is 10.2 Å². The van der Waals surface area contributed by atoms with Crippen molar-refractivity contribution < 1.29 is 9.72 Å². The Morgan fingerprint density at radius 2 is 1.36 bits per heavy atom. The standard InChI is InChI=1S/C26H28N4O3/c1-20(28-16-18-29(19-17-28)23-12-14-24(15-13-23)30(32)33)26(31)27-25(21-8-4-2-5-9-21)22-10-6-3-7-11-22/h2-15,20,25H,16-19H2,1H3,(H,27,31). The number of nitro benzene ring substituents is 1. The van der Waals surface area contributed by atoms with Gasteiger partial charge in [0.1, 0.15) is 0 Å². The highest BCUT2D eigenvalue weighted by atomic mass is 16.6. The van der Waals surface area contributed by atoms with Gasteiger partial charge in [0.15, 0.2) is 0 Å². The zero-order valence-corrected chi connectivity index (χ0v) is 18.6. The van der Waals surface area contributed by atoms with Gasteiger partial charge >= 0.3 is 0 Å². The SMILES string of the molecule is CC(C(=O)NC(c1ccccc1)c1ccccc1)N1CCN(c2ccc([N+](=O)[O-])cc2)CC1. The first-order chi connectivity index (χ1) is 16.0. The smallest absolute Gasteiger partial charge is 0.269 e. The van der Waals surface area contributed by atoms with Gasteiger partial charge in [-0.05, 0) is 30.2 Å². The molecule has 33 heavy (non-hydrogen) atoms. The molecule has 1 aliphatic rings. The molecule has 1 amide bonds. The number of hydrogen-bond donors (Lipinski definition) is 1. The van der Waals surface area contributed by atoms with Crippen LogP contribution in [0, 0.1) is 10.1 Å². The van der Waals surface area contributed by atoms with Gasteiger partial charge in [-0.25, -0.2) is 0 Å². The zero-order valence-electron chi connectivity index (χ0n) is 18.6. The first kappa shape index (κ1) is 22.5. The van der Waals surface area contributed by atoms with E-state index in [-0.39, 0.29) is 28.6 Å². The Morgan fingerprint density at radius 3 is 1.85 bits per heavy atom. The van der Waals surface area contributed by atoms with E-state index < -0.39 is 0 Å². The summed E-state index contributed by atoms with van der Waals surface area (Å²) in [6.07, 6.45) is 0. The highest BCUT2D eigenvalue weighted by Gasteiger charge is 2.28. The summed E-state index contributed by atoms with van der Waals surface area (Å²) in [5.41, 5.74) is 3.15. The van der Waals surface area contributed by atoms with Crippen LogP contribution in [0.4, 0.5) is 11.4 Å². The summed E-state index contributed by atoms with van der Waals surface area (Å²) in [7, 11) is 0. The minimum absolute atomic E-state index is 0.00325. The number of non-ortho nitro benzene ring substituents is 1. The van der Waals surface area contributed by atoms with Crippen LogP contribution in [0.15, 0.2) is 84.9 Å². The van der Waals surface area contributed by atoms with Crippen LogP contribution in [0.1, 0.15) is 24.1 Å². The van der Waals surface area contributed by atoms with Crippen molar-refractivity contribution in [3.63, 3.8) is 0 Å². The molecule has 1 fully saturated rings. The molecule has 0 aliphatic carbocycles. The molecular weight excluding hydrogens is 416 g/mol. The Bertz CT molecular complexity index is 1030. The number of carbonyl (C=O) groups excluding carboxylic acids is 1. The number of rotatable bonds is 7. The van der Waals surface area contributed by atoms with Crippen molar-refractivity contribution in [2.24, 2.45) is 0 Å². The van der Waals surface area contributed by atoms with E-state index in [0.717, 1.165) is 43.0 Å². The average molecular weight is 445 g/mol. The van der Waals surface area contributed by atoms with Gasteiger partial charge in [-0.1, -0.05) is 60.7 Å². The van der Waals surface area contributed by atoms with Gasteiger partial charge < -0.3 is 10.2 Å². The fourth-order valence-corrected chi connectivity index (χ4v) is 4.23. The normalized spacial score (nSPS) is 15.3. The van der Waals surface area contributed by atoms with Gasteiger partial charge in [-0.2, -0.15) is 0 Å². The Kier molecular flexibility index (Phi) is 7.00. The van der Waals surface area contributed by atoms with Crippen LogP contribution in [0.2, 0.25) is 0 Å². The molecule has 0 bridgehead atoms. The van der Waals surface area contributed by atoms with Crippen molar-refractivity contribution in [3.8, 4) is 0 Å². The predicted octanol–water partition coefficient (Wildman–Crippen LogP) is 4.01. The van der Waals surface area contributed by atoms with E-state index in [1.165, 1.54) is 12.1 Å². The molecule has 3 aromatic rings. The van der Waals surface area contributed by atoms with Gasteiger partial charge in [-0.15, -0.1) is 0 Å². The average Bonchev–Trinajstić information content (AvgIpc) is 2.88. The van der Waals surface area contributed by atoms with E-state index in [1.54, 1.807) is 12.1 Å². The van der Waals surface area contributed by atoms with E-state index in [9.17, 15) is 14.9 Å². The second-order valence-corrected chi connectivity index (χ2v) is 8.24. The van der Waals surface area contributed by atoms with Crippen molar-refractivity contribution in [2.75, 3.05) is 31.1 Å². The Balaban J connectivity index is 1.39. The first-order valence-corrected chi connectivity index (χ1v) is 11.2. The lowest BCUT2D eigenvalue weighted by Gasteiger charge is -2.39. The van der Waals surface area contributed by atoms with Crippen LogP contribution in [0.3, 0.4) is 0 Å². The Labute approximate surface area is 193 Å². The largest absolute Gasteiger partial charge is 0.369 e. The van der Waals surface area contributed by atoms with Gasteiger partial charge in [-0.3, -0.25) is 19.8 Å². The van der Waals surface area contributed by atoms with Crippen LogP contribution < -0.4 is 10.2 Å². The molecule has 1 N–H and O–H groups in total. The van der Waals surface area contributed by atoms with Gasteiger partial charge in [0.05, 0.1) is 17.0 Å². The number of nitrogens with zero attached hydrogens (tertiary/aromatic N) is 3. The lowest BCUT2D eigenvalue weighted by molar-refractivity contribution is -0.384. The molecule has 1 heterocycles. The second-order valence-electron chi connectivity index (χ2n) is 8.24. The molecule has 0 spiro atoms. The minimum Gasteiger partial charge on any atom is -0.369 e. The lowest BCUT2D eigenvalue weighted by Crippen LogP contribution is -2.54. The van der Waals surface area contributed by atoms with Crippen LogP contribution in [0.5, 0.6) is 0 Å². The van der Waals surface area contributed by atoms with Crippen molar-refractivity contribution in [1.29, 1.82) is 0 Å². The number of nitrogens with one attached hydrogen (secondary N) is 1. The lowest BCUT2D eigenvalue weighted by atomic mass is 9.98. The predicted molar refractivity (Wildman–Crippen MR) is 129 cm³/mol. The molecule has 0 aromatic heterocycles. The molecule has 0 saturated carbocycles. The number of hydrogen-bond acceptors (Lipinski definition) is 5. The minimum atomic E-state index is -0.389. The summed E-state index contributed by atoms with van der Waals surface area (Å²) in [6, 6.07) is 26.2. The van der Waals surface area contributed by atoms with Crippen molar-refractivity contribution >= 4 is 17.3 Å². The second kappa shape index (κ2) is 10.3. The number of amides is 1. The summed E-state index contributed by atoms with van der Waals surface area (Å²) in [4.78, 5) is 28.1. The van der Waals surface area contributed by atoms with Gasteiger partial charge in [0.2, 0.25) is 5.91 Å². The van der Waals surface area contributed by atoms with Gasteiger partial charge in [0.25, 0.3) is 5.69 Å². The summed E-state index contributed by atoms with van der Waals surface area (Å²) < 4.78 is 0. The molecule has 1 aliphatic heterocycles. The van der Waals surface area contributed by atoms with Crippen molar-refractivity contribution in [2.45, 2.75) is 19.0 Å². The Morgan fingerprint density at radius 1 is 0.848 bits per heavy atom. The third-order valence-electron chi connectivity index (χ3n) is 6.22. The van der Waals surface area contributed by atoms with Crippen LogP contribution >= 0.6 is 0 Å². The summed E-state index contributed by atoms with van der Waals surface area (Å²) in [5.74, 6) is -0.00325. The molecule has 1 atom stereocenters. The molecule has 7 nitrogen and oxygen atoms in total. The molecule has 1 unspecified atom stereocenters. The van der Waals surface area contributed by atoms with E-state index in [1.807, 2.05) is 67.6 Å². The van der Waals surface area contributed by atoms with Gasteiger partial charge in [0, 0.05) is 44.0 Å². The molecule has 0 radical (unpaired) electrons. The molecule has 1 saturated heterocycles. The molecular formula is C26H28N4O3. The van der Waals surface area contributed by atoms with Crippen LogP contribution in [-0.4, -0.2) is 48.0 Å². The summed E-state index contributed by atoms with van der Waals surface area (Å²) >= 11 is 0. The van der Waals surface area contributed by atoms with E-state index >= 15 is 0 Å². The van der Waals surface area contributed by atoms with E-state index in [4.69, 9.17) is 0 Å². The number of anilines is 1. The van der Waals surface area contributed by atoms with Crippen molar-refractivity contribution in [3.05, 3.63) is 106 Å². The van der Waals surface area contributed by atoms with Crippen LogP contribution in [-0.2, 0) is 4.79 Å². The fraction of sp³-hybridized carbons (Fsp3) is 0.269. The summed E-state index contributed by atoms with van der Waals surface area (Å²) in [5, 5.41) is 14.1. The zero-order chi connectivity index (χ0) is 23.2. The number of piperazine rings is 1. The quantitative estimate of drug-likeness (QED) is 0.440. The first-order valence-electron chi connectivity index (χ1n) is 11.2. The van der Waals surface area contributed by atoms with Crippen LogP contribution in [0.25, 0.3) is 0 Å². The Hall–Kier alpha value is -3.71. The monoisotopic (exact) mass is 444 g/mol. The topological polar surface area (TPSA) is 78.7 Å². The van der Waals surface area contributed by atoms with E-state index in [0.29, 0.717) is 0 Å². The highest BCUT2D eigenvalue weighted by molar-refractivity contribution is 5.82. The fourth-order valence-electron chi connectivity index (χ4n) is 4.23. The molecule has 7 heteroatoms.